The fourth-order valence-corrected chi connectivity index (χ4v) is 3.69. The van der Waals surface area contributed by atoms with Crippen molar-refractivity contribution in [3.63, 3.8) is 0 Å². The molecule has 1 aliphatic carbocycles. The van der Waals surface area contributed by atoms with Crippen molar-refractivity contribution in [1.29, 1.82) is 0 Å². The maximum absolute atomic E-state index is 12.4. The van der Waals surface area contributed by atoms with Crippen LogP contribution in [0.4, 0.5) is 0 Å². The fraction of sp³-hybridized carbons (Fsp3) is 0.867. The lowest BCUT2D eigenvalue weighted by molar-refractivity contribution is -0.139. The minimum absolute atomic E-state index is 0.0973. The molecule has 1 saturated carbocycles. The molecule has 0 unspecified atom stereocenters. The van der Waals surface area contributed by atoms with Crippen LogP contribution >= 0.6 is 11.8 Å². The standard InChI is InChI=1S/C15H28N2O3S/c1-4-17(11-8-6-5-7-9-11)12(18)10-21-15(2,3)13(16)14(19)20/h11,13H,4-10,16H2,1-3H3,(H,19,20)/t13-/m0/s1. The summed E-state index contributed by atoms with van der Waals surface area (Å²) in [5, 5.41) is 9.01. The lowest BCUT2D eigenvalue weighted by Gasteiger charge is -2.35. The highest BCUT2D eigenvalue weighted by Crippen LogP contribution is 2.29. The predicted molar refractivity (Wildman–Crippen MR) is 86.4 cm³/mol. The maximum Gasteiger partial charge on any atom is 0.321 e. The normalized spacial score (nSPS) is 18.3. The molecule has 0 heterocycles. The van der Waals surface area contributed by atoms with E-state index in [-0.39, 0.29) is 11.7 Å². The Hall–Kier alpha value is -0.750. The van der Waals surface area contributed by atoms with Gasteiger partial charge in [0.2, 0.25) is 5.91 Å². The second-order valence-corrected chi connectivity index (χ2v) is 7.81. The molecule has 1 rings (SSSR count). The second-order valence-electron chi connectivity index (χ2n) is 6.18. The van der Waals surface area contributed by atoms with Gasteiger partial charge in [-0.2, -0.15) is 0 Å². The molecule has 5 nitrogen and oxygen atoms in total. The number of thioether (sulfide) groups is 1. The lowest BCUT2D eigenvalue weighted by Crippen LogP contribution is -2.48. The van der Waals surface area contributed by atoms with Gasteiger partial charge in [-0.25, -0.2) is 0 Å². The van der Waals surface area contributed by atoms with Crippen molar-refractivity contribution in [2.75, 3.05) is 12.3 Å². The van der Waals surface area contributed by atoms with Crippen molar-refractivity contribution < 1.29 is 14.7 Å². The fourth-order valence-electron chi connectivity index (χ4n) is 2.75. The number of hydrogen-bond acceptors (Lipinski definition) is 4. The third kappa shape index (κ3) is 5.18. The van der Waals surface area contributed by atoms with Gasteiger partial charge >= 0.3 is 5.97 Å². The van der Waals surface area contributed by atoms with Crippen LogP contribution in [0.25, 0.3) is 0 Å². The van der Waals surface area contributed by atoms with Crippen molar-refractivity contribution in [3.8, 4) is 0 Å². The zero-order valence-electron chi connectivity index (χ0n) is 13.3. The Bertz CT molecular complexity index is 368. The van der Waals surface area contributed by atoms with E-state index >= 15 is 0 Å². The monoisotopic (exact) mass is 316 g/mol. The molecule has 3 N–H and O–H groups in total. The Morgan fingerprint density at radius 2 is 1.90 bits per heavy atom. The quantitative estimate of drug-likeness (QED) is 0.751. The van der Waals surface area contributed by atoms with E-state index in [1.165, 1.54) is 31.0 Å². The summed E-state index contributed by atoms with van der Waals surface area (Å²) in [6, 6.07) is -0.617. The Kier molecular flexibility index (Phi) is 7.00. The molecule has 0 aliphatic heterocycles. The molecule has 1 aliphatic rings. The molecule has 6 heteroatoms. The van der Waals surface area contributed by atoms with E-state index in [0.717, 1.165) is 19.4 Å². The summed E-state index contributed by atoms with van der Waals surface area (Å²) in [6.45, 7) is 6.28. The van der Waals surface area contributed by atoms with E-state index in [0.29, 0.717) is 6.04 Å². The van der Waals surface area contributed by atoms with Gasteiger partial charge in [-0.3, -0.25) is 9.59 Å². The first-order valence-corrected chi connectivity index (χ1v) is 8.70. The van der Waals surface area contributed by atoms with Gasteiger partial charge < -0.3 is 15.7 Å². The molecule has 0 bridgehead atoms. The summed E-state index contributed by atoms with van der Waals surface area (Å²) in [6.07, 6.45) is 5.82. The summed E-state index contributed by atoms with van der Waals surface area (Å²) >= 11 is 1.33. The first-order chi connectivity index (χ1) is 9.79. The Balaban J connectivity index is 2.56. The number of nitrogens with two attached hydrogens (primary N) is 1. The number of carbonyl (C=O) groups excluding carboxylic acids is 1. The van der Waals surface area contributed by atoms with Gasteiger partial charge in [0.05, 0.1) is 5.75 Å². The van der Waals surface area contributed by atoms with Crippen LogP contribution < -0.4 is 5.73 Å². The number of carboxylic acids is 1. The number of carboxylic acid groups (broad SMARTS) is 1. The van der Waals surface area contributed by atoms with Crippen molar-refractivity contribution in [2.45, 2.75) is 69.7 Å². The van der Waals surface area contributed by atoms with Crippen LogP contribution in [0.5, 0.6) is 0 Å². The van der Waals surface area contributed by atoms with Crippen LogP contribution in [0.1, 0.15) is 52.9 Å². The molecule has 0 aromatic carbocycles. The zero-order chi connectivity index (χ0) is 16.0. The van der Waals surface area contributed by atoms with Gasteiger partial charge in [0, 0.05) is 17.3 Å². The molecule has 1 atom stereocenters. The van der Waals surface area contributed by atoms with E-state index in [4.69, 9.17) is 10.8 Å². The molecule has 0 aromatic rings. The van der Waals surface area contributed by atoms with Crippen LogP contribution in [-0.2, 0) is 9.59 Å². The van der Waals surface area contributed by atoms with E-state index in [1.807, 2.05) is 11.8 Å². The molecule has 1 amide bonds. The van der Waals surface area contributed by atoms with Crippen LogP contribution in [-0.4, -0.2) is 51.0 Å². The first-order valence-electron chi connectivity index (χ1n) is 7.71. The summed E-state index contributed by atoms with van der Waals surface area (Å²) in [4.78, 5) is 25.4. The van der Waals surface area contributed by atoms with Gasteiger partial charge in [-0.1, -0.05) is 19.3 Å². The number of nitrogens with zero attached hydrogens (tertiary/aromatic N) is 1. The van der Waals surface area contributed by atoms with Crippen LogP contribution in [0.2, 0.25) is 0 Å². The molecule has 0 spiro atoms. The number of carbonyl (C=O) groups is 2. The van der Waals surface area contributed by atoms with E-state index < -0.39 is 16.8 Å². The summed E-state index contributed by atoms with van der Waals surface area (Å²) in [5.41, 5.74) is 5.69. The van der Waals surface area contributed by atoms with Crippen LogP contribution in [0.15, 0.2) is 0 Å². The average Bonchev–Trinajstić information content (AvgIpc) is 2.46. The Morgan fingerprint density at radius 1 is 1.33 bits per heavy atom. The minimum Gasteiger partial charge on any atom is -0.480 e. The van der Waals surface area contributed by atoms with E-state index in [2.05, 4.69) is 0 Å². The molecule has 0 aromatic heterocycles. The highest BCUT2D eigenvalue weighted by molar-refractivity contribution is 8.01. The molecular formula is C15H28N2O3S. The van der Waals surface area contributed by atoms with Gasteiger partial charge in [0.25, 0.3) is 0 Å². The molecule has 122 valence electrons. The van der Waals surface area contributed by atoms with Crippen LogP contribution in [0, 0.1) is 0 Å². The number of hydrogen-bond donors (Lipinski definition) is 2. The lowest BCUT2D eigenvalue weighted by atomic mass is 9.94. The van der Waals surface area contributed by atoms with E-state index in [1.54, 1.807) is 13.8 Å². The highest BCUT2D eigenvalue weighted by atomic mass is 32.2. The highest BCUT2D eigenvalue weighted by Gasteiger charge is 2.34. The number of aliphatic carboxylic acids is 1. The Morgan fingerprint density at radius 3 is 2.38 bits per heavy atom. The molecule has 1 fully saturated rings. The second kappa shape index (κ2) is 8.03. The topological polar surface area (TPSA) is 83.6 Å². The largest absolute Gasteiger partial charge is 0.480 e. The zero-order valence-corrected chi connectivity index (χ0v) is 14.1. The summed E-state index contributed by atoms with van der Waals surface area (Å²) in [5.74, 6) is -0.641. The average molecular weight is 316 g/mol. The van der Waals surface area contributed by atoms with Gasteiger partial charge in [-0.15, -0.1) is 11.8 Å². The van der Waals surface area contributed by atoms with Crippen molar-refractivity contribution in [2.24, 2.45) is 5.73 Å². The van der Waals surface area contributed by atoms with Crippen LogP contribution in [0.3, 0.4) is 0 Å². The third-order valence-corrected chi connectivity index (χ3v) is 5.65. The first kappa shape index (κ1) is 18.3. The molecule has 0 radical (unpaired) electrons. The molecule has 0 saturated heterocycles. The number of rotatable bonds is 7. The summed E-state index contributed by atoms with van der Waals surface area (Å²) < 4.78 is -0.659. The van der Waals surface area contributed by atoms with Gasteiger partial charge in [0.15, 0.2) is 0 Å². The van der Waals surface area contributed by atoms with Crippen molar-refractivity contribution >= 4 is 23.6 Å². The van der Waals surface area contributed by atoms with Gasteiger partial charge in [-0.05, 0) is 33.6 Å². The minimum atomic E-state index is -1.03. The summed E-state index contributed by atoms with van der Waals surface area (Å²) in [7, 11) is 0. The van der Waals surface area contributed by atoms with Gasteiger partial charge in [0.1, 0.15) is 6.04 Å². The number of amides is 1. The molecular weight excluding hydrogens is 288 g/mol. The SMILES string of the molecule is CCN(C(=O)CSC(C)(C)[C@@H](N)C(=O)O)C1CCCCC1. The third-order valence-electron chi connectivity index (χ3n) is 4.26. The predicted octanol–water partition coefficient (Wildman–Crippen LogP) is 2.09. The van der Waals surface area contributed by atoms with Crippen molar-refractivity contribution in [1.82, 2.24) is 4.90 Å². The molecule has 21 heavy (non-hydrogen) atoms. The van der Waals surface area contributed by atoms with E-state index in [9.17, 15) is 9.59 Å². The smallest absolute Gasteiger partial charge is 0.321 e. The van der Waals surface area contributed by atoms with Crippen molar-refractivity contribution in [3.05, 3.63) is 0 Å². The Labute approximate surface area is 131 Å². The maximum atomic E-state index is 12.4.